The fourth-order valence-corrected chi connectivity index (χ4v) is 1.77. The van der Waals surface area contributed by atoms with E-state index >= 15 is 0 Å². The molecule has 0 aromatic heterocycles. The zero-order chi connectivity index (χ0) is 18.2. The highest BCUT2D eigenvalue weighted by Gasteiger charge is 2.13. The van der Waals surface area contributed by atoms with Gasteiger partial charge in [0.25, 0.3) is 0 Å². The Morgan fingerprint density at radius 3 is 2.24 bits per heavy atom. The van der Waals surface area contributed by atoms with Crippen molar-refractivity contribution < 1.29 is 24.2 Å². The van der Waals surface area contributed by atoms with Gasteiger partial charge in [-0.05, 0) is 54.1 Å². The molecule has 8 nitrogen and oxygen atoms in total. The second-order valence-corrected chi connectivity index (χ2v) is 4.81. The molecule has 0 fully saturated rings. The first-order valence-corrected chi connectivity index (χ1v) is 7.11. The minimum Gasteiger partial charge on any atom is -0.508 e. The van der Waals surface area contributed by atoms with Crippen LogP contribution in [-0.2, 0) is 14.3 Å². The first kappa shape index (κ1) is 17.7. The average Bonchev–Trinajstić information content (AvgIpc) is 2.63. The molecule has 2 aromatic carbocycles. The lowest BCUT2D eigenvalue weighted by atomic mass is 10.2. The van der Waals surface area contributed by atoms with Crippen LogP contribution in [0.5, 0.6) is 5.75 Å². The number of aromatic hydroxyl groups is 1. The highest BCUT2D eigenvalue weighted by molar-refractivity contribution is 6.39. The highest BCUT2D eigenvalue weighted by atomic mass is 16.5. The molecule has 0 aliphatic heterocycles. The number of phenols is 1. The normalized spacial score (nSPS) is 10.3. The molecule has 2 amide bonds. The number of carbonyl (C=O) groups excluding carboxylic acids is 3. The van der Waals surface area contributed by atoms with Crippen molar-refractivity contribution in [2.75, 3.05) is 12.4 Å². The summed E-state index contributed by atoms with van der Waals surface area (Å²) in [5.41, 5.74) is 3.39. The Hall–Kier alpha value is -3.68. The van der Waals surface area contributed by atoms with Crippen LogP contribution in [0.1, 0.15) is 15.9 Å². The van der Waals surface area contributed by atoms with Gasteiger partial charge in [-0.15, -0.1) is 0 Å². The smallest absolute Gasteiger partial charge is 0.337 e. The number of amides is 2. The predicted octanol–water partition coefficient (Wildman–Crippen LogP) is 1.27. The molecule has 0 radical (unpaired) electrons. The largest absolute Gasteiger partial charge is 0.508 e. The number of esters is 1. The summed E-state index contributed by atoms with van der Waals surface area (Å²) in [6.45, 7) is 0. The summed E-state index contributed by atoms with van der Waals surface area (Å²) < 4.78 is 4.56. The second kappa shape index (κ2) is 8.25. The molecule has 0 saturated heterocycles. The molecule has 0 spiro atoms. The maximum Gasteiger partial charge on any atom is 0.337 e. The van der Waals surface area contributed by atoms with Gasteiger partial charge in [0.05, 0.1) is 18.9 Å². The summed E-state index contributed by atoms with van der Waals surface area (Å²) in [5, 5.41) is 15.2. The van der Waals surface area contributed by atoms with Crippen molar-refractivity contribution >= 4 is 29.7 Å². The number of benzene rings is 2. The SMILES string of the molecule is COC(=O)c1ccc(NC(=O)C(=O)N/N=C\c2ccc(O)cc2)cc1. The monoisotopic (exact) mass is 341 g/mol. The first-order chi connectivity index (χ1) is 12.0. The zero-order valence-corrected chi connectivity index (χ0v) is 13.2. The van der Waals surface area contributed by atoms with Gasteiger partial charge in [0.2, 0.25) is 0 Å². The number of hydrazone groups is 1. The topological polar surface area (TPSA) is 117 Å². The quantitative estimate of drug-likeness (QED) is 0.335. The molecular weight excluding hydrogens is 326 g/mol. The number of rotatable bonds is 4. The number of hydrogen-bond acceptors (Lipinski definition) is 6. The number of hydrogen-bond donors (Lipinski definition) is 3. The van der Waals surface area contributed by atoms with Crippen molar-refractivity contribution in [1.82, 2.24) is 5.43 Å². The van der Waals surface area contributed by atoms with Crippen LogP contribution in [0.15, 0.2) is 53.6 Å². The molecule has 0 saturated carbocycles. The summed E-state index contributed by atoms with van der Waals surface area (Å²) >= 11 is 0. The maximum atomic E-state index is 11.8. The van der Waals surface area contributed by atoms with Crippen LogP contribution in [0, 0.1) is 0 Å². The first-order valence-electron chi connectivity index (χ1n) is 7.11. The summed E-state index contributed by atoms with van der Waals surface area (Å²) in [5.74, 6) is -2.25. The van der Waals surface area contributed by atoms with Crippen LogP contribution in [-0.4, -0.2) is 36.2 Å². The summed E-state index contributed by atoms with van der Waals surface area (Å²) in [4.78, 5) is 34.7. The number of methoxy groups -OCH3 is 1. The maximum absolute atomic E-state index is 11.8. The molecule has 25 heavy (non-hydrogen) atoms. The van der Waals surface area contributed by atoms with Gasteiger partial charge < -0.3 is 15.2 Å². The molecule has 0 aliphatic carbocycles. The lowest BCUT2D eigenvalue weighted by Gasteiger charge is -2.05. The van der Waals surface area contributed by atoms with Gasteiger partial charge in [-0.3, -0.25) is 9.59 Å². The highest BCUT2D eigenvalue weighted by Crippen LogP contribution is 2.10. The van der Waals surface area contributed by atoms with Crippen LogP contribution >= 0.6 is 0 Å². The van der Waals surface area contributed by atoms with E-state index in [9.17, 15) is 14.4 Å². The van der Waals surface area contributed by atoms with Gasteiger partial charge in [0, 0.05) is 5.69 Å². The van der Waals surface area contributed by atoms with Crippen LogP contribution in [0.3, 0.4) is 0 Å². The zero-order valence-electron chi connectivity index (χ0n) is 13.2. The molecule has 0 atom stereocenters. The van der Waals surface area contributed by atoms with Crippen molar-refractivity contribution in [2.45, 2.75) is 0 Å². The number of anilines is 1. The molecule has 2 aromatic rings. The van der Waals surface area contributed by atoms with Crippen LogP contribution in [0.4, 0.5) is 5.69 Å². The molecule has 0 bridgehead atoms. The number of nitrogens with zero attached hydrogens (tertiary/aromatic N) is 1. The molecule has 8 heteroatoms. The summed E-state index contributed by atoms with van der Waals surface area (Å²) in [6.07, 6.45) is 1.33. The van der Waals surface area contributed by atoms with Crippen molar-refractivity contribution in [3.8, 4) is 5.75 Å². The molecule has 0 unspecified atom stereocenters. The van der Waals surface area contributed by atoms with Crippen molar-refractivity contribution in [2.24, 2.45) is 5.10 Å². The van der Waals surface area contributed by atoms with Gasteiger partial charge in [-0.1, -0.05) is 0 Å². The van der Waals surface area contributed by atoms with E-state index in [0.29, 0.717) is 16.8 Å². The molecular formula is C17H15N3O5. The Morgan fingerprint density at radius 1 is 1.00 bits per heavy atom. The Kier molecular flexibility index (Phi) is 5.83. The number of ether oxygens (including phenoxy) is 1. The Labute approximate surface area is 143 Å². The van der Waals surface area contributed by atoms with Gasteiger partial charge in [-0.25, -0.2) is 10.2 Å². The van der Waals surface area contributed by atoms with Crippen molar-refractivity contribution in [3.63, 3.8) is 0 Å². The lowest BCUT2D eigenvalue weighted by Crippen LogP contribution is -2.32. The predicted molar refractivity (Wildman–Crippen MR) is 90.3 cm³/mol. The Bertz CT molecular complexity index is 798. The summed E-state index contributed by atoms with van der Waals surface area (Å²) in [6, 6.07) is 12.0. The minimum atomic E-state index is -0.952. The molecule has 2 rings (SSSR count). The van der Waals surface area contributed by atoms with Gasteiger partial charge in [0.1, 0.15) is 5.75 Å². The fraction of sp³-hybridized carbons (Fsp3) is 0.0588. The van der Waals surface area contributed by atoms with Crippen molar-refractivity contribution in [3.05, 3.63) is 59.7 Å². The van der Waals surface area contributed by atoms with E-state index in [1.807, 2.05) is 0 Å². The third-order valence-corrected chi connectivity index (χ3v) is 3.04. The number of carbonyl (C=O) groups is 3. The minimum absolute atomic E-state index is 0.110. The van der Waals surface area contributed by atoms with Crippen LogP contribution in [0.2, 0.25) is 0 Å². The Balaban J connectivity index is 1.88. The van der Waals surface area contributed by atoms with E-state index in [2.05, 4.69) is 20.6 Å². The van der Waals surface area contributed by atoms with E-state index in [4.69, 9.17) is 5.11 Å². The van der Waals surface area contributed by atoms with Gasteiger partial charge in [-0.2, -0.15) is 5.10 Å². The lowest BCUT2D eigenvalue weighted by molar-refractivity contribution is -0.136. The van der Waals surface area contributed by atoms with E-state index in [-0.39, 0.29) is 5.75 Å². The Morgan fingerprint density at radius 2 is 1.64 bits per heavy atom. The molecule has 0 aliphatic rings. The summed E-state index contributed by atoms with van der Waals surface area (Å²) in [7, 11) is 1.26. The van der Waals surface area contributed by atoms with Crippen LogP contribution in [0.25, 0.3) is 0 Å². The van der Waals surface area contributed by atoms with Gasteiger partial charge in [0.15, 0.2) is 0 Å². The van der Waals surface area contributed by atoms with E-state index < -0.39 is 17.8 Å². The van der Waals surface area contributed by atoms with Crippen LogP contribution < -0.4 is 10.7 Å². The fourth-order valence-electron chi connectivity index (χ4n) is 1.77. The van der Waals surface area contributed by atoms with E-state index in [0.717, 1.165) is 0 Å². The second-order valence-electron chi connectivity index (χ2n) is 4.81. The average molecular weight is 341 g/mol. The molecule has 3 N–H and O–H groups in total. The molecule has 0 heterocycles. The molecule has 128 valence electrons. The number of phenolic OH excluding ortho intramolecular Hbond substituents is 1. The third kappa shape index (κ3) is 5.17. The van der Waals surface area contributed by atoms with E-state index in [1.54, 1.807) is 12.1 Å². The number of nitrogens with one attached hydrogen (secondary N) is 2. The third-order valence-electron chi connectivity index (χ3n) is 3.04. The van der Waals surface area contributed by atoms with E-state index in [1.165, 1.54) is 49.7 Å². The standard InChI is InChI=1S/C17H15N3O5/c1-25-17(24)12-4-6-13(7-5-12)19-15(22)16(23)20-18-10-11-2-8-14(21)9-3-11/h2-10,21H,1H3,(H,19,22)(H,20,23)/b18-10-. The van der Waals surface area contributed by atoms with Crippen molar-refractivity contribution in [1.29, 1.82) is 0 Å². The van der Waals surface area contributed by atoms with Gasteiger partial charge >= 0.3 is 17.8 Å².